The molecule has 102 valence electrons. The molecule has 0 saturated carbocycles. The molecule has 0 aromatic heterocycles. The molecule has 4 heteroatoms. The van der Waals surface area contributed by atoms with Crippen molar-refractivity contribution in [2.24, 2.45) is 5.92 Å². The third kappa shape index (κ3) is 3.10. The van der Waals surface area contributed by atoms with E-state index in [-0.39, 0.29) is 5.43 Å². The van der Waals surface area contributed by atoms with E-state index in [2.05, 4.69) is 30.6 Å². The average Bonchev–Trinajstić information content (AvgIpc) is 2.32. The largest absolute Gasteiger partial charge is 0.372 e. The van der Waals surface area contributed by atoms with E-state index in [0.29, 0.717) is 10.4 Å². The summed E-state index contributed by atoms with van der Waals surface area (Å²) >= 11 is 5.14. The lowest BCUT2D eigenvalue weighted by Gasteiger charge is -2.29. The Kier molecular flexibility index (Phi) is 5.32. The molecule has 0 amide bonds. The molecule has 1 rings (SSSR count). The van der Waals surface area contributed by atoms with E-state index < -0.39 is 0 Å². The van der Waals surface area contributed by atoms with Gasteiger partial charge in [-0.3, -0.25) is 4.79 Å². The van der Waals surface area contributed by atoms with Crippen LogP contribution in [-0.4, -0.2) is 27.2 Å². The maximum atomic E-state index is 11.9. The maximum Gasteiger partial charge on any atom is 0.224 e. The first kappa shape index (κ1) is 15.2. The summed E-state index contributed by atoms with van der Waals surface area (Å²) in [6, 6.07) is 0. The molecule has 0 saturated heterocycles. The number of hydrogen-bond acceptors (Lipinski definition) is 4. The fraction of sp³-hybridized carbons (Fsp3) is 0.714. The first-order valence-corrected chi connectivity index (χ1v) is 7.06. The van der Waals surface area contributed by atoms with Crippen LogP contribution in [0.1, 0.15) is 33.6 Å². The zero-order chi connectivity index (χ0) is 13.9. The fourth-order valence-electron chi connectivity index (χ4n) is 2.08. The van der Waals surface area contributed by atoms with Gasteiger partial charge in [-0.2, -0.15) is 0 Å². The van der Waals surface area contributed by atoms with Crippen molar-refractivity contribution in [3.8, 4) is 0 Å². The second kappa shape index (κ2) is 6.32. The average molecular weight is 268 g/mol. The lowest BCUT2D eigenvalue weighted by Crippen LogP contribution is -2.34. The summed E-state index contributed by atoms with van der Waals surface area (Å²) < 4.78 is 0.491. The fourth-order valence-corrected chi connectivity index (χ4v) is 2.43. The molecule has 0 aliphatic rings. The van der Waals surface area contributed by atoms with Crippen molar-refractivity contribution in [2.45, 2.75) is 33.6 Å². The Balaban J connectivity index is 2.74. The Morgan fingerprint density at radius 2 is 1.78 bits per heavy atom. The van der Waals surface area contributed by atoms with E-state index in [4.69, 9.17) is 12.2 Å². The summed E-state index contributed by atoms with van der Waals surface area (Å²) in [5, 5.41) is 0. The summed E-state index contributed by atoms with van der Waals surface area (Å²) in [5.41, 5.74) is 1.78. The SMILES string of the molecule is CCN(C)c1c(N(C)CCCC(C)C)c(=O)c1=S. The van der Waals surface area contributed by atoms with E-state index in [1.54, 1.807) is 0 Å². The van der Waals surface area contributed by atoms with Gasteiger partial charge >= 0.3 is 0 Å². The predicted molar refractivity (Wildman–Crippen MR) is 82.2 cm³/mol. The molecular weight excluding hydrogens is 244 g/mol. The summed E-state index contributed by atoms with van der Waals surface area (Å²) in [6.45, 7) is 8.29. The van der Waals surface area contributed by atoms with Crippen LogP contribution in [0.15, 0.2) is 4.79 Å². The molecule has 0 fully saturated rings. The molecule has 0 atom stereocenters. The van der Waals surface area contributed by atoms with Gasteiger partial charge in [-0.25, -0.2) is 0 Å². The van der Waals surface area contributed by atoms with Crippen molar-refractivity contribution >= 4 is 23.6 Å². The summed E-state index contributed by atoms with van der Waals surface area (Å²) in [4.78, 5) is 16.0. The monoisotopic (exact) mass is 268 g/mol. The topological polar surface area (TPSA) is 23.6 Å². The Bertz CT molecular complexity index is 460. The van der Waals surface area contributed by atoms with Gasteiger partial charge in [-0.15, -0.1) is 0 Å². The Morgan fingerprint density at radius 3 is 2.28 bits per heavy atom. The van der Waals surface area contributed by atoms with Gasteiger partial charge < -0.3 is 9.80 Å². The molecule has 0 unspecified atom stereocenters. The molecule has 18 heavy (non-hydrogen) atoms. The Morgan fingerprint density at radius 1 is 1.17 bits per heavy atom. The third-order valence-corrected chi connectivity index (χ3v) is 3.75. The van der Waals surface area contributed by atoms with Crippen molar-refractivity contribution in [1.82, 2.24) is 0 Å². The molecule has 0 aliphatic heterocycles. The zero-order valence-corrected chi connectivity index (χ0v) is 12.9. The summed E-state index contributed by atoms with van der Waals surface area (Å²) in [7, 11) is 3.97. The predicted octanol–water partition coefficient (Wildman–Crippen LogP) is 2.98. The van der Waals surface area contributed by atoms with Gasteiger partial charge in [0.25, 0.3) is 0 Å². The van der Waals surface area contributed by atoms with E-state index in [1.165, 1.54) is 6.42 Å². The zero-order valence-electron chi connectivity index (χ0n) is 12.1. The van der Waals surface area contributed by atoms with Crippen LogP contribution in [0.3, 0.4) is 0 Å². The maximum absolute atomic E-state index is 11.9. The molecule has 0 heterocycles. The van der Waals surface area contributed by atoms with E-state index in [0.717, 1.165) is 30.9 Å². The molecule has 0 N–H and O–H groups in total. The number of hydrogen-bond donors (Lipinski definition) is 0. The summed E-state index contributed by atoms with van der Waals surface area (Å²) in [6.07, 6.45) is 2.30. The first-order valence-electron chi connectivity index (χ1n) is 6.65. The van der Waals surface area contributed by atoms with Crippen LogP contribution in [0, 0.1) is 10.4 Å². The van der Waals surface area contributed by atoms with Gasteiger partial charge in [-0.1, -0.05) is 26.1 Å². The minimum absolute atomic E-state index is 0.0346. The molecule has 0 radical (unpaired) electrons. The molecule has 0 bridgehead atoms. The van der Waals surface area contributed by atoms with E-state index in [9.17, 15) is 4.79 Å². The molecule has 0 spiro atoms. The van der Waals surface area contributed by atoms with Gasteiger partial charge in [0.1, 0.15) is 10.2 Å². The van der Waals surface area contributed by atoms with Gasteiger partial charge in [0.15, 0.2) is 0 Å². The molecule has 3 nitrogen and oxygen atoms in total. The van der Waals surface area contributed by atoms with Crippen molar-refractivity contribution in [3.63, 3.8) is 0 Å². The highest BCUT2D eigenvalue weighted by atomic mass is 32.1. The normalized spacial score (nSPS) is 11.2. The van der Waals surface area contributed by atoms with Crippen LogP contribution in [0.2, 0.25) is 0 Å². The van der Waals surface area contributed by atoms with Crippen LogP contribution in [0.4, 0.5) is 11.4 Å². The second-order valence-corrected chi connectivity index (χ2v) is 5.74. The van der Waals surface area contributed by atoms with Crippen LogP contribution in [-0.2, 0) is 0 Å². The second-order valence-electron chi connectivity index (χ2n) is 5.33. The molecule has 1 aromatic carbocycles. The lowest BCUT2D eigenvalue weighted by atomic mass is 10.1. The minimum atomic E-state index is 0.0346. The standard InChI is InChI=1S/C14H24N2OS/c1-6-15(4)12-11(13(17)14(12)18)16(5)9-7-8-10(2)3/h10H,6-9H2,1-5H3. The van der Waals surface area contributed by atoms with Crippen molar-refractivity contribution in [2.75, 3.05) is 37.0 Å². The van der Waals surface area contributed by atoms with Crippen molar-refractivity contribution < 1.29 is 0 Å². The summed E-state index contributed by atoms with van der Waals surface area (Å²) in [5.74, 6) is 0.711. The van der Waals surface area contributed by atoms with Crippen LogP contribution < -0.4 is 15.2 Å². The highest BCUT2D eigenvalue weighted by Crippen LogP contribution is 2.29. The number of nitrogens with zero attached hydrogens (tertiary/aromatic N) is 2. The lowest BCUT2D eigenvalue weighted by molar-refractivity contribution is 0.555. The van der Waals surface area contributed by atoms with Crippen molar-refractivity contribution in [3.05, 3.63) is 14.7 Å². The van der Waals surface area contributed by atoms with Gasteiger partial charge in [0.2, 0.25) is 5.43 Å². The van der Waals surface area contributed by atoms with Crippen LogP contribution >= 0.6 is 12.2 Å². The molecule has 1 aromatic rings. The van der Waals surface area contributed by atoms with E-state index >= 15 is 0 Å². The first-order chi connectivity index (χ1) is 8.40. The molecule has 0 aliphatic carbocycles. The highest BCUT2D eigenvalue weighted by Gasteiger charge is 2.23. The van der Waals surface area contributed by atoms with E-state index in [1.807, 2.05) is 14.1 Å². The minimum Gasteiger partial charge on any atom is -0.372 e. The smallest absolute Gasteiger partial charge is 0.224 e. The van der Waals surface area contributed by atoms with Crippen molar-refractivity contribution in [1.29, 1.82) is 0 Å². The molecular formula is C14H24N2OS. The van der Waals surface area contributed by atoms with Gasteiger partial charge in [-0.05, 0) is 25.7 Å². The Hall–Kier alpha value is -0.900. The third-order valence-electron chi connectivity index (χ3n) is 3.37. The van der Waals surface area contributed by atoms with Gasteiger partial charge in [0, 0.05) is 27.2 Å². The Labute approximate surface area is 115 Å². The highest BCUT2D eigenvalue weighted by molar-refractivity contribution is 7.71. The van der Waals surface area contributed by atoms with Crippen LogP contribution in [0.5, 0.6) is 0 Å². The number of anilines is 2. The quantitative estimate of drug-likeness (QED) is 0.709. The number of rotatable bonds is 7. The van der Waals surface area contributed by atoms with Gasteiger partial charge in [0.05, 0.1) is 5.69 Å². The van der Waals surface area contributed by atoms with Crippen LogP contribution in [0.25, 0.3) is 0 Å².